The van der Waals surface area contributed by atoms with Crippen LogP contribution in [0.2, 0.25) is 0 Å². The van der Waals surface area contributed by atoms with Gasteiger partial charge in [0.25, 0.3) is 0 Å². The topological polar surface area (TPSA) is 38.5 Å². The Morgan fingerprint density at radius 2 is 1.83 bits per heavy atom. The fraction of sp³-hybridized carbons (Fsp3) is 1.00. The normalized spacial score (nSPS) is 13.3. The van der Waals surface area contributed by atoms with Crippen molar-refractivity contribution in [1.82, 2.24) is 4.90 Å². The van der Waals surface area contributed by atoms with Gasteiger partial charge in [0.2, 0.25) is 0 Å². The van der Waals surface area contributed by atoms with Gasteiger partial charge in [-0.25, -0.2) is 0 Å². The third-order valence-corrected chi connectivity index (χ3v) is 2.68. The molecule has 0 saturated carbocycles. The van der Waals surface area contributed by atoms with Crippen LogP contribution in [0.5, 0.6) is 0 Å². The monoisotopic (exact) mass is 270 g/mol. The first-order valence-corrected chi connectivity index (χ1v) is 6.27. The van der Waals surface area contributed by atoms with Crippen molar-refractivity contribution in [2.45, 2.75) is 33.4 Å². The molecule has 0 aromatic rings. The summed E-state index contributed by atoms with van der Waals surface area (Å²) in [6, 6.07) is 0. The lowest BCUT2D eigenvalue weighted by Gasteiger charge is -2.31. The summed E-state index contributed by atoms with van der Waals surface area (Å²) in [4.78, 5) is 2.18. The second-order valence-electron chi connectivity index (χ2n) is 5.26. The first-order chi connectivity index (χ1) is 8.20. The lowest BCUT2D eigenvalue weighted by atomic mass is 9.93. The zero-order valence-corrected chi connectivity index (χ0v) is 11.5. The highest BCUT2D eigenvalue weighted by molar-refractivity contribution is 4.74. The van der Waals surface area contributed by atoms with Crippen molar-refractivity contribution in [2.75, 3.05) is 39.4 Å². The molecule has 3 nitrogen and oxygen atoms in total. The molecule has 110 valence electrons. The summed E-state index contributed by atoms with van der Waals surface area (Å²) < 4.78 is 40.1. The van der Waals surface area contributed by atoms with Gasteiger partial charge in [-0.05, 0) is 24.9 Å². The van der Waals surface area contributed by atoms with Gasteiger partial charge in [-0.15, -0.1) is 0 Å². The second-order valence-corrected chi connectivity index (χ2v) is 5.26. The number of alkyl halides is 3. The van der Waals surface area contributed by atoms with Gasteiger partial charge in [0.15, 0.2) is 0 Å². The molecule has 0 rings (SSSR count). The van der Waals surface area contributed by atoms with E-state index in [0.717, 1.165) is 19.6 Å². The molecule has 0 spiro atoms. The molecule has 0 atom stereocenters. The molecule has 2 N–H and O–H groups in total. The quantitative estimate of drug-likeness (QED) is 0.653. The lowest BCUT2D eigenvalue weighted by molar-refractivity contribution is -0.174. The van der Waals surface area contributed by atoms with Crippen LogP contribution in [0, 0.1) is 5.41 Å². The van der Waals surface area contributed by atoms with Crippen LogP contribution < -0.4 is 5.73 Å². The van der Waals surface area contributed by atoms with Gasteiger partial charge < -0.3 is 15.4 Å². The van der Waals surface area contributed by atoms with Crippen LogP contribution in [0.3, 0.4) is 0 Å². The Bertz CT molecular complexity index is 220. The number of rotatable bonds is 9. The van der Waals surface area contributed by atoms with E-state index >= 15 is 0 Å². The highest BCUT2D eigenvalue weighted by Gasteiger charge is 2.27. The Labute approximate surface area is 107 Å². The summed E-state index contributed by atoms with van der Waals surface area (Å²) in [6.45, 7) is 8.20. The van der Waals surface area contributed by atoms with Crippen LogP contribution in [0.1, 0.15) is 27.2 Å². The van der Waals surface area contributed by atoms with E-state index in [9.17, 15) is 13.2 Å². The fourth-order valence-electron chi connectivity index (χ4n) is 1.60. The maximum Gasteiger partial charge on any atom is 0.411 e. The van der Waals surface area contributed by atoms with Crippen molar-refractivity contribution in [1.29, 1.82) is 0 Å². The number of ether oxygens (including phenoxy) is 1. The summed E-state index contributed by atoms with van der Waals surface area (Å²) >= 11 is 0. The molecule has 0 aromatic carbocycles. The van der Waals surface area contributed by atoms with Gasteiger partial charge in [-0.3, -0.25) is 0 Å². The van der Waals surface area contributed by atoms with Gasteiger partial charge in [0.1, 0.15) is 6.61 Å². The molecule has 0 unspecified atom stereocenters. The standard InChI is InChI=1S/C12H25F3N2O/c1-4-17(9-11(2,3)8-16)6-5-7-18-10-12(13,14)15/h4-10,16H2,1-3H3. The van der Waals surface area contributed by atoms with Crippen LogP contribution in [0.15, 0.2) is 0 Å². The molecule has 0 fully saturated rings. The number of hydrogen-bond donors (Lipinski definition) is 1. The maximum absolute atomic E-state index is 11.8. The fourth-order valence-corrected chi connectivity index (χ4v) is 1.60. The second kappa shape index (κ2) is 7.96. The number of nitrogens with two attached hydrogens (primary N) is 1. The highest BCUT2D eigenvalue weighted by Crippen LogP contribution is 2.16. The molecular formula is C12H25F3N2O. The molecule has 0 aliphatic rings. The third-order valence-electron chi connectivity index (χ3n) is 2.68. The molecule has 18 heavy (non-hydrogen) atoms. The van der Waals surface area contributed by atoms with Crippen molar-refractivity contribution in [3.8, 4) is 0 Å². The molecule has 6 heteroatoms. The van der Waals surface area contributed by atoms with Gasteiger partial charge in [-0.2, -0.15) is 13.2 Å². The minimum Gasteiger partial charge on any atom is -0.372 e. The van der Waals surface area contributed by atoms with Gasteiger partial charge >= 0.3 is 6.18 Å². The van der Waals surface area contributed by atoms with Gasteiger partial charge in [0.05, 0.1) is 0 Å². The average Bonchev–Trinajstić information content (AvgIpc) is 2.25. The molecule has 0 aliphatic carbocycles. The Hall–Kier alpha value is -0.330. The summed E-state index contributed by atoms with van der Waals surface area (Å²) in [7, 11) is 0. The molecule has 0 radical (unpaired) electrons. The molecule has 0 aliphatic heterocycles. The van der Waals surface area contributed by atoms with Gasteiger partial charge in [0, 0.05) is 19.7 Å². The summed E-state index contributed by atoms with van der Waals surface area (Å²) in [6.07, 6.45) is -3.63. The smallest absolute Gasteiger partial charge is 0.372 e. The Balaban J connectivity index is 3.75. The molecule has 0 heterocycles. The highest BCUT2D eigenvalue weighted by atomic mass is 19.4. The van der Waals surface area contributed by atoms with E-state index in [4.69, 9.17) is 5.73 Å². The zero-order valence-electron chi connectivity index (χ0n) is 11.5. The molecule has 0 amide bonds. The van der Waals surface area contributed by atoms with Crippen LogP contribution >= 0.6 is 0 Å². The van der Waals surface area contributed by atoms with Crippen LogP contribution in [-0.2, 0) is 4.74 Å². The number of hydrogen-bond acceptors (Lipinski definition) is 3. The largest absolute Gasteiger partial charge is 0.411 e. The van der Waals surface area contributed by atoms with E-state index in [1.54, 1.807) is 0 Å². The van der Waals surface area contributed by atoms with Crippen LogP contribution in [-0.4, -0.2) is 50.5 Å². The van der Waals surface area contributed by atoms with E-state index in [1.807, 2.05) is 6.92 Å². The SMILES string of the molecule is CCN(CCCOCC(F)(F)F)CC(C)(C)CN. The van der Waals surface area contributed by atoms with E-state index in [-0.39, 0.29) is 12.0 Å². The van der Waals surface area contributed by atoms with E-state index in [1.165, 1.54) is 0 Å². The van der Waals surface area contributed by atoms with Gasteiger partial charge in [-0.1, -0.05) is 20.8 Å². The third kappa shape index (κ3) is 9.67. The molecule has 0 bridgehead atoms. The minimum absolute atomic E-state index is 0.0306. The van der Waals surface area contributed by atoms with E-state index in [0.29, 0.717) is 13.0 Å². The van der Waals surface area contributed by atoms with Crippen molar-refractivity contribution in [3.63, 3.8) is 0 Å². The maximum atomic E-state index is 11.8. The summed E-state index contributed by atoms with van der Waals surface area (Å²) in [5, 5.41) is 0. The predicted octanol–water partition coefficient (Wildman–Crippen LogP) is 2.26. The lowest BCUT2D eigenvalue weighted by Crippen LogP contribution is -2.39. The van der Waals surface area contributed by atoms with E-state index in [2.05, 4.69) is 23.5 Å². The minimum atomic E-state index is -4.23. The Morgan fingerprint density at radius 3 is 2.28 bits per heavy atom. The molecule has 0 aromatic heterocycles. The Morgan fingerprint density at radius 1 is 1.22 bits per heavy atom. The summed E-state index contributed by atoms with van der Waals surface area (Å²) in [5.41, 5.74) is 5.69. The van der Waals surface area contributed by atoms with Crippen molar-refractivity contribution in [2.24, 2.45) is 11.1 Å². The predicted molar refractivity (Wildman–Crippen MR) is 66.4 cm³/mol. The molecular weight excluding hydrogens is 245 g/mol. The average molecular weight is 270 g/mol. The first kappa shape index (κ1) is 17.7. The Kier molecular flexibility index (Phi) is 7.82. The zero-order chi connectivity index (χ0) is 14.2. The first-order valence-electron chi connectivity index (χ1n) is 6.27. The van der Waals surface area contributed by atoms with Crippen molar-refractivity contribution in [3.05, 3.63) is 0 Å². The van der Waals surface area contributed by atoms with Crippen LogP contribution in [0.4, 0.5) is 13.2 Å². The number of halogens is 3. The van der Waals surface area contributed by atoms with Crippen LogP contribution in [0.25, 0.3) is 0 Å². The van der Waals surface area contributed by atoms with Crippen molar-refractivity contribution >= 4 is 0 Å². The van der Waals surface area contributed by atoms with Crippen molar-refractivity contribution < 1.29 is 17.9 Å². The van der Waals surface area contributed by atoms with E-state index < -0.39 is 12.8 Å². The molecule has 0 saturated heterocycles. The number of nitrogens with zero attached hydrogens (tertiary/aromatic N) is 1. The summed E-state index contributed by atoms with van der Waals surface area (Å²) in [5.74, 6) is 0.